The molecule has 1 saturated heterocycles. The lowest BCUT2D eigenvalue weighted by molar-refractivity contribution is -0.133. The Morgan fingerprint density at radius 1 is 0.875 bits per heavy atom. The second-order valence-corrected chi connectivity index (χ2v) is 7.91. The number of ether oxygens (including phenoxy) is 2. The molecule has 7 nitrogen and oxygen atoms in total. The first kappa shape index (κ1) is 21.6. The molecule has 0 bridgehead atoms. The fourth-order valence-corrected chi connectivity index (χ4v) is 3.63. The first-order chi connectivity index (χ1) is 15.5. The summed E-state index contributed by atoms with van der Waals surface area (Å²) < 4.78 is 10.9. The first-order valence-corrected chi connectivity index (χ1v) is 10.7. The molecule has 0 atom stereocenters. The van der Waals surface area contributed by atoms with Crippen LogP contribution in [0.4, 0.5) is 5.82 Å². The number of aryl methyl sites for hydroxylation is 2. The number of piperazine rings is 1. The molecule has 0 N–H and O–H groups in total. The number of hydrogen-bond donors (Lipinski definition) is 0. The van der Waals surface area contributed by atoms with Crippen LogP contribution in [0.25, 0.3) is 11.3 Å². The summed E-state index contributed by atoms with van der Waals surface area (Å²) in [6.07, 6.45) is 0. The summed E-state index contributed by atoms with van der Waals surface area (Å²) in [4.78, 5) is 16.6. The van der Waals surface area contributed by atoms with E-state index >= 15 is 0 Å². The number of aromatic nitrogens is 2. The average Bonchev–Trinajstić information content (AvgIpc) is 2.85. The van der Waals surface area contributed by atoms with E-state index in [4.69, 9.17) is 9.47 Å². The number of carbonyl (C=O) groups excluding carboxylic acids is 1. The molecule has 2 heterocycles. The Kier molecular flexibility index (Phi) is 6.54. The second-order valence-electron chi connectivity index (χ2n) is 7.91. The van der Waals surface area contributed by atoms with Crippen LogP contribution in [0.3, 0.4) is 0 Å². The van der Waals surface area contributed by atoms with Gasteiger partial charge in [0.1, 0.15) is 11.5 Å². The van der Waals surface area contributed by atoms with Crippen molar-refractivity contribution in [3.63, 3.8) is 0 Å². The van der Waals surface area contributed by atoms with E-state index in [1.807, 2.05) is 66.4 Å². The Hall–Kier alpha value is -3.61. The molecular weight excluding hydrogens is 404 g/mol. The fraction of sp³-hybridized carbons (Fsp3) is 0.320. The second kappa shape index (κ2) is 9.68. The fourth-order valence-electron chi connectivity index (χ4n) is 3.63. The molecule has 0 spiro atoms. The van der Waals surface area contributed by atoms with Gasteiger partial charge < -0.3 is 19.3 Å². The zero-order valence-electron chi connectivity index (χ0n) is 18.7. The lowest BCUT2D eigenvalue weighted by Crippen LogP contribution is -2.50. The molecule has 2 aromatic carbocycles. The highest BCUT2D eigenvalue weighted by Crippen LogP contribution is 2.22. The minimum Gasteiger partial charge on any atom is -0.497 e. The van der Waals surface area contributed by atoms with Crippen molar-refractivity contribution in [3.8, 4) is 22.8 Å². The van der Waals surface area contributed by atoms with Crippen LogP contribution in [-0.2, 0) is 4.79 Å². The summed E-state index contributed by atoms with van der Waals surface area (Å²) in [5.41, 5.74) is 4.17. The Bertz CT molecular complexity index is 1060. The van der Waals surface area contributed by atoms with Crippen molar-refractivity contribution in [1.29, 1.82) is 0 Å². The molecule has 1 aliphatic heterocycles. The van der Waals surface area contributed by atoms with Crippen LogP contribution in [-0.4, -0.2) is 60.9 Å². The van der Waals surface area contributed by atoms with Gasteiger partial charge in [0.15, 0.2) is 12.4 Å². The van der Waals surface area contributed by atoms with Gasteiger partial charge in [-0.2, -0.15) is 0 Å². The van der Waals surface area contributed by atoms with Gasteiger partial charge in [-0.1, -0.05) is 6.07 Å². The third-order valence-corrected chi connectivity index (χ3v) is 5.83. The van der Waals surface area contributed by atoms with E-state index in [2.05, 4.69) is 22.0 Å². The van der Waals surface area contributed by atoms with Gasteiger partial charge >= 0.3 is 0 Å². The van der Waals surface area contributed by atoms with Crippen molar-refractivity contribution in [3.05, 3.63) is 65.7 Å². The van der Waals surface area contributed by atoms with Crippen molar-refractivity contribution in [2.24, 2.45) is 0 Å². The number of rotatable bonds is 6. The number of methoxy groups -OCH3 is 1. The molecule has 1 aromatic heterocycles. The van der Waals surface area contributed by atoms with E-state index in [1.165, 1.54) is 5.56 Å². The standard InChI is InChI=1S/C25H28N4O3/c1-18-4-7-22(16-19(18)2)32-17-25(30)29-14-12-28(13-15-29)24-11-10-23(26-27-24)20-5-8-21(31-3)9-6-20/h4-11,16H,12-15,17H2,1-3H3. The zero-order valence-corrected chi connectivity index (χ0v) is 18.7. The SMILES string of the molecule is COc1ccc(-c2ccc(N3CCN(C(=O)COc4ccc(C)c(C)c4)CC3)nn2)cc1. The lowest BCUT2D eigenvalue weighted by atomic mass is 10.1. The van der Waals surface area contributed by atoms with Crippen LogP contribution in [0.15, 0.2) is 54.6 Å². The number of nitrogens with zero attached hydrogens (tertiary/aromatic N) is 4. The molecular formula is C25H28N4O3. The average molecular weight is 433 g/mol. The van der Waals surface area contributed by atoms with Crippen LogP contribution < -0.4 is 14.4 Å². The van der Waals surface area contributed by atoms with Crippen molar-refractivity contribution < 1.29 is 14.3 Å². The number of carbonyl (C=O) groups is 1. The summed E-state index contributed by atoms with van der Waals surface area (Å²) in [5, 5.41) is 8.78. The van der Waals surface area contributed by atoms with Gasteiger partial charge in [0, 0.05) is 31.7 Å². The Labute approximate surface area is 188 Å². The zero-order chi connectivity index (χ0) is 22.5. The van der Waals surface area contributed by atoms with Gasteiger partial charge in [0.25, 0.3) is 5.91 Å². The van der Waals surface area contributed by atoms with E-state index in [0.717, 1.165) is 34.1 Å². The largest absolute Gasteiger partial charge is 0.497 e. The van der Waals surface area contributed by atoms with Crippen LogP contribution in [0, 0.1) is 13.8 Å². The van der Waals surface area contributed by atoms with Crippen LogP contribution in [0.1, 0.15) is 11.1 Å². The molecule has 32 heavy (non-hydrogen) atoms. The Balaban J connectivity index is 1.29. The van der Waals surface area contributed by atoms with E-state index in [-0.39, 0.29) is 12.5 Å². The number of hydrogen-bond acceptors (Lipinski definition) is 6. The van der Waals surface area contributed by atoms with Crippen molar-refractivity contribution in [1.82, 2.24) is 15.1 Å². The normalized spacial score (nSPS) is 13.7. The summed E-state index contributed by atoms with van der Waals surface area (Å²) in [6.45, 7) is 6.85. The van der Waals surface area contributed by atoms with E-state index in [9.17, 15) is 4.79 Å². The molecule has 1 fully saturated rings. The molecule has 0 radical (unpaired) electrons. The van der Waals surface area contributed by atoms with Gasteiger partial charge in [-0.05, 0) is 73.5 Å². The molecule has 0 aliphatic carbocycles. The maximum atomic E-state index is 12.6. The van der Waals surface area contributed by atoms with Gasteiger partial charge in [-0.3, -0.25) is 4.79 Å². The third-order valence-electron chi connectivity index (χ3n) is 5.83. The van der Waals surface area contributed by atoms with Crippen LogP contribution >= 0.6 is 0 Å². The number of benzene rings is 2. The van der Waals surface area contributed by atoms with Crippen molar-refractivity contribution >= 4 is 11.7 Å². The topological polar surface area (TPSA) is 67.8 Å². The Morgan fingerprint density at radius 2 is 1.59 bits per heavy atom. The smallest absolute Gasteiger partial charge is 0.260 e. The van der Waals surface area contributed by atoms with Crippen molar-refractivity contribution in [2.75, 3.05) is 44.8 Å². The highest BCUT2D eigenvalue weighted by atomic mass is 16.5. The van der Waals surface area contributed by atoms with E-state index < -0.39 is 0 Å². The number of anilines is 1. The third kappa shape index (κ3) is 4.99. The first-order valence-electron chi connectivity index (χ1n) is 10.7. The predicted molar refractivity (Wildman–Crippen MR) is 124 cm³/mol. The summed E-state index contributed by atoms with van der Waals surface area (Å²) >= 11 is 0. The molecule has 166 valence electrons. The van der Waals surface area contributed by atoms with E-state index in [0.29, 0.717) is 26.2 Å². The highest BCUT2D eigenvalue weighted by Gasteiger charge is 2.22. The minimum atomic E-state index is 0.00353. The molecule has 0 saturated carbocycles. The monoisotopic (exact) mass is 432 g/mol. The molecule has 7 heteroatoms. The Morgan fingerprint density at radius 3 is 2.22 bits per heavy atom. The lowest BCUT2D eigenvalue weighted by Gasteiger charge is -2.35. The number of amides is 1. The molecule has 3 aromatic rings. The van der Waals surface area contributed by atoms with Crippen LogP contribution in [0.2, 0.25) is 0 Å². The molecule has 0 unspecified atom stereocenters. The molecule has 4 rings (SSSR count). The van der Waals surface area contributed by atoms with Gasteiger partial charge in [0.05, 0.1) is 12.8 Å². The van der Waals surface area contributed by atoms with Gasteiger partial charge in [0.2, 0.25) is 0 Å². The van der Waals surface area contributed by atoms with Crippen LogP contribution in [0.5, 0.6) is 11.5 Å². The van der Waals surface area contributed by atoms with E-state index in [1.54, 1.807) is 7.11 Å². The van der Waals surface area contributed by atoms with Gasteiger partial charge in [-0.25, -0.2) is 0 Å². The maximum Gasteiger partial charge on any atom is 0.260 e. The summed E-state index contributed by atoms with van der Waals surface area (Å²) in [5.74, 6) is 2.36. The van der Waals surface area contributed by atoms with Gasteiger partial charge in [-0.15, -0.1) is 10.2 Å². The minimum absolute atomic E-state index is 0.00353. The molecule has 1 amide bonds. The highest BCUT2D eigenvalue weighted by molar-refractivity contribution is 5.78. The molecule has 1 aliphatic rings. The van der Waals surface area contributed by atoms with Crippen molar-refractivity contribution in [2.45, 2.75) is 13.8 Å². The predicted octanol–water partition coefficient (Wildman–Crippen LogP) is 3.50. The quantitative estimate of drug-likeness (QED) is 0.594. The maximum absolute atomic E-state index is 12.6. The summed E-state index contributed by atoms with van der Waals surface area (Å²) in [6, 6.07) is 17.6. The summed E-state index contributed by atoms with van der Waals surface area (Å²) in [7, 11) is 1.65.